The van der Waals surface area contributed by atoms with E-state index in [0.717, 1.165) is 30.3 Å². The molecule has 2 aromatic carbocycles. The smallest absolute Gasteiger partial charge is 0.163 e. The number of halogens is 1. The van der Waals surface area contributed by atoms with Crippen molar-refractivity contribution < 1.29 is 13.9 Å². The number of carbonyl (C=O) groups is 1. The van der Waals surface area contributed by atoms with Gasteiger partial charge in [-0.1, -0.05) is 63.6 Å². The molecule has 1 aromatic heterocycles. The number of aromatic nitrogens is 2. The lowest BCUT2D eigenvalue weighted by molar-refractivity contribution is 0.101. The first-order valence-corrected chi connectivity index (χ1v) is 12.1. The number of nitrogens with zero attached hydrogens (tertiary/aromatic N) is 2. The summed E-state index contributed by atoms with van der Waals surface area (Å²) in [5.41, 5.74) is 2.91. The summed E-state index contributed by atoms with van der Waals surface area (Å²) in [6.45, 7) is 16.4. The summed E-state index contributed by atoms with van der Waals surface area (Å²) in [5.74, 6) is 2.53. The topological polar surface area (TPSA) is 52.1 Å². The van der Waals surface area contributed by atoms with Gasteiger partial charge in [-0.3, -0.25) is 4.79 Å². The van der Waals surface area contributed by atoms with Crippen molar-refractivity contribution in [2.45, 2.75) is 60.8 Å². The second-order valence-corrected chi connectivity index (χ2v) is 9.20. The fourth-order valence-electron chi connectivity index (χ4n) is 3.77. The highest BCUT2D eigenvalue weighted by Gasteiger charge is 2.16. The van der Waals surface area contributed by atoms with Crippen LogP contribution in [0.15, 0.2) is 67.2 Å². The number of ether oxygens (including phenoxy) is 1. The maximum atomic E-state index is 13.5. The first-order valence-electron chi connectivity index (χ1n) is 12.1. The molecular weight excluding hydrogens is 439 g/mol. The molecule has 0 spiro atoms. The van der Waals surface area contributed by atoms with Gasteiger partial charge in [0.15, 0.2) is 11.6 Å². The van der Waals surface area contributed by atoms with Crippen molar-refractivity contribution >= 4 is 5.78 Å². The van der Waals surface area contributed by atoms with Crippen LogP contribution in [0.3, 0.4) is 0 Å². The fraction of sp³-hybridized carbons (Fsp3) is 0.367. The molecular formula is C30H37FN2O2. The van der Waals surface area contributed by atoms with Crippen molar-refractivity contribution in [3.8, 4) is 17.1 Å². The first-order chi connectivity index (χ1) is 16.6. The van der Waals surface area contributed by atoms with Crippen LogP contribution < -0.4 is 4.74 Å². The van der Waals surface area contributed by atoms with Crippen molar-refractivity contribution in [2.24, 2.45) is 11.8 Å². The third-order valence-corrected chi connectivity index (χ3v) is 5.78. The van der Waals surface area contributed by atoms with Crippen LogP contribution >= 0.6 is 0 Å². The van der Waals surface area contributed by atoms with Crippen LogP contribution in [0.5, 0.6) is 5.75 Å². The Kier molecular flexibility index (Phi) is 10.8. The standard InChI is InChI=1S/C18H28O.C12H9FN2O/c1-7-17(10-8-13(2)3)16(6)19-18-11-9-14(4)12-15(18)5;1-8(16)11-9(4-2-5-10(11)13)12-14-6-3-7-15-12/h9,11-13,17H,6-8,10H2,1-5H3;2-7H,1H3. The number of benzene rings is 2. The summed E-state index contributed by atoms with van der Waals surface area (Å²) in [6, 6.07) is 12.4. The van der Waals surface area contributed by atoms with E-state index in [9.17, 15) is 9.18 Å². The van der Waals surface area contributed by atoms with Gasteiger partial charge in [-0.25, -0.2) is 14.4 Å². The van der Waals surface area contributed by atoms with E-state index in [0.29, 0.717) is 17.3 Å². The minimum Gasteiger partial charge on any atom is -0.462 e. The molecule has 4 nitrogen and oxygen atoms in total. The Balaban J connectivity index is 0.000000250. The molecule has 0 aliphatic heterocycles. The fourth-order valence-corrected chi connectivity index (χ4v) is 3.77. The average molecular weight is 477 g/mol. The summed E-state index contributed by atoms with van der Waals surface area (Å²) in [7, 11) is 0. The highest BCUT2D eigenvalue weighted by Crippen LogP contribution is 2.27. The summed E-state index contributed by atoms with van der Waals surface area (Å²) in [4.78, 5) is 19.4. The molecule has 3 rings (SSSR count). The number of Topliss-reactive ketones (excluding diaryl/α,β-unsaturated/α-hetero) is 1. The molecule has 186 valence electrons. The van der Waals surface area contributed by atoms with E-state index in [-0.39, 0.29) is 11.3 Å². The van der Waals surface area contributed by atoms with Crippen molar-refractivity contribution in [2.75, 3.05) is 0 Å². The average Bonchev–Trinajstić information content (AvgIpc) is 2.81. The molecule has 0 fully saturated rings. The van der Waals surface area contributed by atoms with Gasteiger partial charge in [0.2, 0.25) is 0 Å². The second-order valence-electron chi connectivity index (χ2n) is 9.20. The minimum atomic E-state index is -0.544. The number of allylic oxidation sites excluding steroid dienone is 1. The van der Waals surface area contributed by atoms with E-state index < -0.39 is 5.82 Å². The molecule has 35 heavy (non-hydrogen) atoms. The molecule has 1 atom stereocenters. The van der Waals surface area contributed by atoms with Gasteiger partial charge in [-0.15, -0.1) is 0 Å². The Bertz CT molecular complexity index is 1130. The van der Waals surface area contributed by atoms with Gasteiger partial charge in [0.05, 0.1) is 11.3 Å². The number of rotatable bonds is 9. The lowest BCUT2D eigenvalue weighted by Gasteiger charge is -2.20. The van der Waals surface area contributed by atoms with E-state index in [2.05, 4.69) is 63.3 Å². The number of ketones is 1. The SMILES string of the molecule is C=C(Oc1ccc(C)cc1C)C(CC)CCC(C)C.CC(=O)c1c(F)cccc1-c1ncccn1. The predicted octanol–water partition coefficient (Wildman–Crippen LogP) is 8.14. The van der Waals surface area contributed by atoms with Crippen molar-refractivity contribution in [3.63, 3.8) is 0 Å². The van der Waals surface area contributed by atoms with Crippen LogP contribution in [0.4, 0.5) is 4.39 Å². The number of hydrogen-bond donors (Lipinski definition) is 0. The Morgan fingerprint density at radius 2 is 1.74 bits per heavy atom. The zero-order chi connectivity index (χ0) is 26.0. The molecule has 0 saturated carbocycles. The summed E-state index contributed by atoms with van der Waals surface area (Å²) >= 11 is 0. The molecule has 0 N–H and O–H groups in total. The lowest BCUT2D eigenvalue weighted by Crippen LogP contribution is -2.09. The maximum Gasteiger partial charge on any atom is 0.163 e. The summed E-state index contributed by atoms with van der Waals surface area (Å²) < 4.78 is 19.5. The minimum absolute atomic E-state index is 0.0358. The third kappa shape index (κ3) is 8.43. The largest absolute Gasteiger partial charge is 0.462 e. The lowest BCUT2D eigenvalue weighted by atomic mass is 9.94. The molecule has 0 radical (unpaired) electrons. The Labute approximate surface area is 209 Å². The van der Waals surface area contributed by atoms with Crippen molar-refractivity contribution in [1.29, 1.82) is 0 Å². The molecule has 1 heterocycles. The molecule has 0 aliphatic rings. The van der Waals surface area contributed by atoms with E-state index in [1.807, 2.05) is 6.07 Å². The molecule has 0 aliphatic carbocycles. The number of aryl methyl sites for hydroxylation is 2. The highest BCUT2D eigenvalue weighted by molar-refractivity contribution is 6.00. The van der Waals surface area contributed by atoms with Crippen LogP contribution in [0.2, 0.25) is 0 Å². The van der Waals surface area contributed by atoms with E-state index in [1.165, 1.54) is 36.6 Å². The van der Waals surface area contributed by atoms with Gasteiger partial charge in [0, 0.05) is 23.9 Å². The maximum absolute atomic E-state index is 13.5. The number of carbonyl (C=O) groups excluding carboxylic acids is 1. The normalized spacial score (nSPS) is 11.4. The second kappa shape index (κ2) is 13.5. The highest BCUT2D eigenvalue weighted by atomic mass is 19.1. The quantitative estimate of drug-likeness (QED) is 0.231. The Morgan fingerprint density at radius 1 is 1.06 bits per heavy atom. The van der Waals surface area contributed by atoms with E-state index in [1.54, 1.807) is 24.5 Å². The zero-order valence-corrected chi connectivity index (χ0v) is 21.8. The Hall–Kier alpha value is -3.34. The van der Waals surface area contributed by atoms with Gasteiger partial charge < -0.3 is 4.74 Å². The van der Waals surface area contributed by atoms with E-state index in [4.69, 9.17) is 4.74 Å². The van der Waals surface area contributed by atoms with Gasteiger partial charge in [-0.2, -0.15) is 0 Å². The Morgan fingerprint density at radius 3 is 2.31 bits per heavy atom. The molecule has 5 heteroatoms. The summed E-state index contributed by atoms with van der Waals surface area (Å²) in [5, 5.41) is 0. The first kappa shape index (κ1) is 27.9. The molecule has 3 aromatic rings. The molecule has 0 bridgehead atoms. The van der Waals surface area contributed by atoms with Crippen LogP contribution in [0.25, 0.3) is 11.4 Å². The zero-order valence-electron chi connectivity index (χ0n) is 21.8. The summed E-state index contributed by atoms with van der Waals surface area (Å²) in [6.07, 6.45) is 6.59. The van der Waals surface area contributed by atoms with Crippen LogP contribution in [0, 0.1) is 31.5 Å². The number of hydrogen-bond acceptors (Lipinski definition) is 4. The third-order valence-electron chi connectivity index (χ3n) is 5.78. The predicted molar refractivity (Wildman–Crippen MR) is 141 cm³/mol. The monoisotopic (exact) mass is 476 g/mol. The van der Waals surface area contributed by atoms with Crippen LogP contribution in [0.1, 0.15) is 68.4 Å². The van der Waals surface area contributed by atoms with Crippen molar-refractivity contribution in [3.05, 3.63) is 89.7 Å². The molecule has 1 unspecified atom stereocenters. The van der Waals surface area contributed by atoms with Crippen LogP contribution in [-0.4, -0.2) is 15.8 Å². The van der Waals surface area contributed by atoms with Gasteiger partial charge in [0.25, 0.3) is 0 Å². The molecule has 0 saturated heterocycles. The van der Waals surface area contributed by atoms with Crippen molar-refractivity contribution in [1.82, 2.24) is 9.97 Å². The van der Waals surface area contributed by atoms with Gasteiger partial charge in [0.1, 0.15) is 11.6 Å². The van der Waals surface area contributed by atoms with Crippen LogP contribution in [-0.2, 0) is 0 Å². The van der Waals surface area contributed by atoms with E-state index >= 15 is 0 Å². The molecule has 0 amide bonds. The van der Waals surface area contributed by atoms with Gasteiger partial charge in [-0.05, 0) is 63.3 Å². The van der Waals surface area contributed by atoms with Gasteiger partial charge >= 0.3 is 0 Å².